The van der Waals surface area contributed by atoms with Gasteiger partial charge in [0, 0.05) is 7.11 Å². The predicted molar refractivity (Wildman–Crippen MR) is 55.0 cm³/mol. The van der Waals surface area contributed by atoms with Crippen molar-refractivity contribution < 1.29 is 23.8 Å². The minimum atomic E-state index is 0.656. The molecule has 0 aromatic heterocycles. The Hall–Kier alpha value is -0.200. The molecule has 0 unspecified atom stereocenters. The van der Waals surface area contributed by atoms with Crippen molar-refractivity contribution in [2.45, 2.75) is 0 Å². The van der Waals surface area contributed by atoms with Crippen molar-refractivity contribution in [3.63, 3.8) is 0 Å². The number of methoxy groups -OCH3 is 1. The molecule has 1 N–H and O–H groups in total. The Kier molecular flexibility index (Phi) is 7.77. The molecule has 0 aromatic carbocycles. The van der Waals surface area contributed by atoms with Crippen LogP contribution in [0.25, 0.3) is 0 Å². The summed E-state index contributed by atoms with van der Waals surface area (Å²) in [6.07, 6.45) is 0. The van der Waals surface area contributed by atoms with Gasteiger partial charge in [0.25, 0.3) is 0 Å². The van der Waals surface area contributed by atoms with Gasteiger partial charge in [0.05, 0.1) is 39.6 Å². The van der Waals surface area contributed by atoms with Crippen molar-refractivity contribution in [3.05, 3.63) is 0 Å². The molecule has 1 aliphatic rings. The molecule has 5 nitrogen and oxygen atoms in total. The summed E-state index contributed by atoms with van der Waals surface area (Å²) in [6.45, 7) is 6.77. The molecule has 15 heavy (non-hydrogen) atoms. The van der Waals surface area contributed by atoms with E-state index in [1.165, 1.54) is 4.90 Å². The first-order valence-electron chi connectivity index (χ1n) is 5.49. The number of hydrogen-bond donors (Lipinski definition) is 1. The zero-order valence-electron chi connectivity index (χ0n) is 9.50. The molecular weight excluding hydrogens is 198 g/mol. The third-order valence-electron chi connectivity index (χ3n) is 2.29. The molecule has 0 spiro atoms. The number of quaternary nitrogens is 1. The van der Waals surface area contributed by atoms with Crippen molar-refractivity contribution >= 4 is 0 Å². The SMILES string of the molecule is COC[NH+]1CCOCCOCCOCC1. The summed E-state index contributed by atoms with van der Waals surface area (Å²) in [7, 11) is 1.72. The van der Waals surface area contributed by atoms with E-state index in [1.54, 1.807) is 7.11 Å². The molecular formula is C10H22NO4+. The normalized spacial score (nSPS) is 23.0. The molecule has 0 amide bonds. The van der Waals surface area contributed by atoms with Crippen molar-refractivity contribution in [2.24, 2.45) is 0 Å². The minimum Gasteiger partial charge on any atom is -0.377 e. The lowest BCUT2D eigenvalue weighted by atomic mass is 10.5. The van der Waals surface area contributed by atoms with E-state index < -0.39 is 0 Å². The Morgan fingerprint density at radius 2 is 1.33 bits per heavy atom. The van der Waals surface area contributed by atoms with Gasteiger partial charge in [-0.05, 0) is 0 Å². The molecule has 1 heterocycles. The second-order valence-corrected chi connectivity index (χ2v) is 3.52. The maximum atomic E-state index is 5.44. The molecule has 0 aromatic rings. The van der Waals surface area contributed by atoms with E-state index in [1.807, 2.05) is 0 Å². The number of rotatable bonds is 2. The smallest absolute Gasteiger partial charge is 0.181 e. The molecule has 1 saturated heterocycles. The van der Waals surface area contributed by atoms with Crippen LogP contribution in [0.3, 0.4) is 0 Å². The van der Waals surface area contributed by atoms with E-state index in [9.17, 15) is 0 Å². The number of nitrogens with one attached hydrogen (secondary N) is 1. The second kappa shape index (κ2) is 9.06. The second-order valence-electron chi connectivity index (χ2n) is 3.52. The quantitative estimate of drug-likeness (QED) is 0.617. The Bertz CT molecular complexity index is 133. The monoisotopic (exact) mass is 220 g/mol. The van der Waals surface area contributed by atoms with Gasteiger partial charge in [0.15, 0.2) is 6.73 Å². The van der Waals surface area contributed by atoms with Crippen LogP contribution in [0.5, 0.6) is 0 Å². The summed E-state index contributed by atoms with van der Waals surface area (Å²) in [6, 6.07) is 0. The standard InChI is InChI=1S/C10H21NO4/c1-12-10-11-2-4-13-6-8-15-9-7-14-5-3-11/h2-10H2,1H3/p+1. The fourth-order valence-electron chi connectivity index (χ4n) is 1.45. The zero-order valence-corrected chi connectivity index (χ0v) is 9.50. The van der Waals surface area contributed by atoms with Crippen LogP contribution in [0, 0.1) is 0 Å². The molecule has 5 heteroatoms. The van der Waals surface area contributed by atoms with Crippen LogP contribution in [-0.4, -0.2) is 66.6 Å². The van der Waals surface area contributed by atoms with Gasteiger partial charge in [0.1, 0.15) is 13.1 Å². The van der Waals surface area contributed by atoms with E-state index in [0.717, 1.165) is 26.3 Å². The molecule has 1 fully saturated rings. The van der Waals surface area contributed by atoms with Gasteiger partial charge >= 0.3 is 0 Å². The molecule has 90 valence electrons. The van der Waals surface area contributed by atoms with Gasteiger partial charge in [0.2, 0.25) is 0 Å². The molecule has 1 rings (SSSR count). The van der Waals surface area contributed by atoms with Crippen LogP contribution >= 0.6 is 0 Å². The summed E-state index contributed by atoms with van der Waals surface area (Å²) < 4.78 is 21.3. The van der Waals surface area contributed by atoms with E-state index in [0.29, 0.717) is 33.2 Å². The Balaban J connectivity index is 2.19. The van der Waals surface area contributed by atoms with Gasteiger partial charge < -0.3 is 23.8 Å². The fraction of sp³-hybridized carbons (Fsp3) is 1.00. The highest BCUT2D eigenvalue weighted by atomic mass is 16.5. The van der Waals surface area contributed by atoms with E-state index in [4.69, 9.17) is 18.9 Å². The third-order valence-corrected chi connectivity index (χ3v) is 2.29. The van der Waals surface area contributed by atoms with Gasteiger partial charge in [-0.1, -0.05) is 0 Å². The molecule has 0 radical (unpaired) electrons. The van der Waals surface area contributed by atoms with Crippen molar-refractivity contribution in [1.29, 1.82) is 0 Å². The first-order chi connectivity index (χ1) is 7.43. The van der Waals surface area contributed by atoms with Crippen molar-refractivity contribution in [2.75, 3.05) is 66.6 Å². The molecule has 0 aliphatic carbocycles. The van der Waals surface area contributed by atoms with Crippen LogP contribution in [0.15, 0.2) is 0 Å². The maximum absolute atomic E-state index is 5.44. The van der Waals surface area contributed by atoms with Gasteiger partial charge in [-0.2, -0.15) is 0 Å². The largest absolute Gasteiger partial charge is 0.377 e. The first-order valence-corrected chi connectivity index (χ1v) is 5.49. The van der Waals surface area contributed by atoms with Gasteiger partial charge in [-0.3, -0.25) is 0 Å². The molecule has 0 atom stereocenters. The van der Waals surface area contributed by atoms with E-state index in [2.05, 4.69) is 0 Å². The summed E-state index contributed by atoms with van der Waals surface area (Å²) in [5, 5.41) is 0. The summed E-state index contributed by atoms with van der Waals surface area (Å²) in [5.74, 6) is 0. The minimum absolute atomic E-state index is 0.656. The first kappa shape index (κ1) is 12.9. The lowest BCUT2D eigenvalue weighted by Gasteiger charge is -2.19. The Morgan fingerprint density at radius 3 is 1.80 bits per heavy atom. The fourth-order valence-corrected chi connectivity index (χ4v) is 1.45. The number of hydrogen-bond acceptors (Lipinski definition) is 4. The highest BCUT2D eigenvalue weighted by molar-refractivity contribution is 4.36. The van der Waals surface area contributed by atoms with Crippen molar-refractivity contribution in [3.8, 4) is 0 Å². The van der Waals surface area contributed by atoms with Crippen LogP contribution in [0.2, 0.25) is 0 Å². The van der Waals surface area contributed by atoms with Gasteiger partial charge in [-0.25, -0.2) is 0 Å². The average Bonchev–Trinajstić information content (AvgIpc) is 2.22. The van der Waals surface area contributed by atoms with Crippen LogP contribution in [0.4, 0.5) is 0 Å². The predicted octanol–water partition coefficient (Wildman–Crippen LogP) is -1.46. The average molecular weight is 220 g/mol. The lowest BCUT2D eigenvalue weighted by molar-refractivity contribution is -0.920. The molecule has 0 bridgehead atoms. The van der Waals surface area contributed by atoms with Crippen LogP contribution in [0.1, 0.15) is 0 Å². The Morgan fingerprint density at radius 1 is 0.867 bits per heavy atom. The summed E-state index contributed by atoms with van der Waals surface area (Å²) >= 11 is 0. The maximum Gasteiger partial charge on any atom is 0.181 e. The number of ether oxygens (including phenoxy) is 4. The summed E-state index contributed by atoms with van der Waals surface area (Å²) in [5.41, 5.74) is 0. The molecule has 0 saturated carbocycles. The van der Waals surface area contributed by atoms with Crippen LogP contribution in [-0.2, 0) is 18.9 Å². The highest BCUT2D eigenvalue weighted by Crippen LogP contribution is 1.81. The highest BCUT2D eigenvalue weighted by Gasteiger charge is 2.08. The third kappa shape index (κ3) is 6.81. The van der Waals surface area contributed by atoms with Crippen LogP contribution < -0.4 is 4.90 Å². The van der Waals surface area contributed by atoms with E-state index >= 15 is 0 Å². The topological polar surface area (TPSA) is 41.4 Å². The Labute approximate surface area is 91.2 Å². The van der Waals surface area contributed by atoms with Crippen molar-refractivity contribution in [1.82, 2.24) is 0 Å². The van der Waals surface area contributed by atoms with E-state index in [-0.39, 0.29) is 0 Å². The lowest BCUT2D eigenvalue weighted by Crippen LogP contribution is -3.13. The zero-order chi connectivity index (χ0) is 10.8. The summed E-state index contributed by atoms with van der Waals surface area (Å²) in [4.78, 5) is 1.36. The molecule has 1 aliphatic heterocycles. The van der Waals surface area contributed by atoms with Gasteiger partial charge in [-0.15, -0.1) is 0 Å².